The molecule has 2 rings (SSSR count). The van der Waals surface area contributed by atoms with E-state index in [9.17, 15) is 0 Å². The summed E-state index contributed by atoms with van der Waals surface area (Å²) in [4.78, 5) is 11.3. The molecule has 0 aliphatic heterocycles. The topological polar surface area (TPSA) is 49.8 Å². The van der Waals surface area contributed by atoms with E-state index < -0.39 is 0 Å². The van der Waals surface area contributed by atoms with Crippen LogP contribution < -0.4 is 10.1 Å². The average Bonchev–Trinajstić information content (AvgIpc) is 3.00. The molecule has 1 heterocycles. The fraction of sp³-hybridized carbons (Fsp3) is 0.444. The van der Waals surface area contributed by atoms with Gasteiger partial charge in [-0.15, -0.1) is 35.3 Å². The number of rotatable bonds is 7. The van der Waals surface area contributed by atoms with Gasteiger partial charge in [-0.2, -0.15) is 0 Å². The van der Waals surface area contributed by atoms with Gasteiger partial charge in [-0.25, -0.2) is 4.98 Å². The molecule has 0 spiro atoms. The summed E-state index contributed by atoms with van der Waals surface area (Å²) in [7, 11) is 3.74. The molecule has 0 amide bonds. The molecule has 1 aromatic heterocycles. The monoisotopic (exact) mass is 474 g/mol. The molecule has 0 aliphatic carbocycles. The number of aryl methyl sites for hydroxylation is 1. The zero-order valence-electron chi connectivity index (χ0n) is 15.3. The number of hydrogen-bond acceptors (Lipinski definition) is 4. The summed E-state index contributed by atoms with van der Waals surface area (Å²) in [6.07, 6.45) is 0.871. The summed E-state index contributed by atoms with van der Waals surface area (Å²) >= 11 is 1.69. The molecule has 25 heavy (non-hydrogen) atoms. The molecule has 0 unspecified atom stereocenters. The first-order valence-electron chi connectivity index (χ1n) is 8.15. The predicted molar refractivity (Wildman–Crippen MR) is 116 cm³/mol. The molecule has 0 saturated heterocycles. The molecule has 0 bridgehead atoms. The second kappa shape index (κ2) is 11.3. The lowest BCUT2D eigenvalue weighted by Crippen LogP contribution is -2.38. The Hall–Kier alpha value is -1.35. The van der Waals surface area contributed by atoms with Crippen LogP contribution in [0.25, 0.3) is 0 Å². The van der Waals surface area contributed by atoms with E-state index in [1.54, 1.807) is 18.4 Å². The van der Waals surface area contributed by atoms with E-state index >= 15 is 0 Å². The third-order valence-electron chi connectivity index (χ3n) is 3.57. The number of nitrogens with zero attached hydrogens (tertiary/aromatic N) is 3. The number of thiazole rings is 1. The Morgan fingerprint density at radius 3 is 2.60 bits per heavy atom. The van der Waals surface area contributed by atoms with Gasteiger partial charge in [-0.3, -0.25) is 4.99 Å². The van der Waals surface area contributed by atoms with E-state index in [1.807, 2.05) is 19.1 Å². The van der Waals surface area contributed by atoms with Gasteiger partial charge in [0.05, 0.1) is 17.8 Å². The van der Waals surface area contributed by atoms with Crippen molar-refractivity contribution in [2.24, 2.45) is 4.99 Å². The van der Waals surface area contributed by atoms with Gasteiger partial charge in [0.1, 0.15) is 5.75 Å². The van der Waals surface area contributed by atoms with Crippen LogP contribution in [0, 0.1) is 6.92 Å². The van der Waals surface area contributed by atoms with Crippen molar-refractivity contribution in [3.8, 4) is 5.75 Å². The summed E-state index contributed by atoms with van der Waals surface area (Å²) < 4.78 is 5.20. The Balaban J connectivity index is 0.00000312. The first kappa shape index (κ1) is 21.7. The number of nitrogens with one attached hydrogen (secondary N) is 1. The number of ether oxygens (including phenoxy) is 1. The van der Waals surface area contributed by atoms with Crippen LogP contribution in [0.1, 0.15) is 23.2 Å². The molecule has 138 valence electrons. The van der Waals surface area contributed by atoms with E-state index in [-0.39, 0.29) is 24.0 Å². The van der Waals surface area contributed by atoms with E-state index in [4.69, 9.17) is 9.73 Å². The number of aromatic nitrogens is 1. The van der Waals surface area contributed by atoms with Crippen LogP contribution in [-0.4, -0.2) is 43.1 Å². The van der Waals surface area contributed by atoms with E-state index in [0.717, 1.165) is 48.5 Å². The summed E-state index contributed by atoms with van der Waals surface area (Å²) in [5.74, 6) is 1.79. The van der Waals surface area contributed by atoms with Gasteiger partial charge < -0.3 is 15.0 Å². The smallest absolute Gasteiger partial charge is 0.193 e. The molecule has 0 fully saturated rings. The minimum Gasteiger partial charge on any atom is -0.497 e. The van der Waals surface area contributed by atoms with Crippen LogP contribution in [-0.2, 0) is 13.0 Å². The van der Waals surface area contributed by atoms with Gasteiger partial charge in [0.15, 0.2) is 5.96 Å². The Labute approximate surface area is 171 Å². The summed E-state index contributed by atoms with van der Waals surface area (Å²) in [6, 6.07) is 8.13. The van der Waals surface area contributed by atoms with Gasteiger partial charge in [-0.05, 0) is 31.5 Å². The molecule has 0 saturated carbocycles. The highest BCUT2D eigenvalue weighted by Crippen LogP contribution is 2.13. The fourth-order valence-electron chi connectivity index (χ4n) is 2.35. The Bertz CT molecular complexity index is 657. The maximum absolute atomic E-state index is 5.20. The lowest BCUT2D eigenvalue weighted by atomic mass is 10.2. The van der Waals surface area contributed by atoms with Crippen molar-refractivity contribution in [2.45, 2.75) is 26.8 Å². The SMILES string of the molecule is CCNC(=NCCc1csc(C)n1)N(C)Cc1ccc(OC)cc1.I. The van der Waals surface area contributed by atoms with Crippen LogP contribution in [0.4, 0.5) is 0 Å². The normalized spacial score (nSPS) is 11.0. The average molecular weight is 474 g/mol. The van der Waals surface area contributed by atoms with Crippen molar-refractivity contribution < 1.29 is 4.74 Å². The summed E-state index contributed by atoms with van der Waals surface area (Å²) in [5, 5.41) is 6.57. The summed E-state index contributed by atoms with van der Waals surface area (Å²) in [5.41, 5.74) is 2.34. The Morgan fingerprint density at radius 2 is 2.04 bits per heavy atom. The maximum atomic E-state index is 5.20. The third-order valence-corrected chi connectivity index (χ3v) is 4.39. The molecule has 1 N–H and O–H groups in total. The molecule has 2 aromatic rings. The second-order valence-electron chi connectivity index (χ2n) is 5.55. The number of methoxy groups -OCH3 is 1. The van der Waals surface area contributed by atoms with Gasteiger partial charge in [-0.1, -0.05) is 12.1 Å². The fourth-order valence-corrected chi connectivity index (χ4v) is 3.00. The van der Waals surface area contributed by atoms with Crippen LogP contribution in [0.2, 0.25) is 0 Å². The van der Waals surface area contributed by atoms with Gasteiger partial charge in [0, 0.05) is 38.5 Å². The molecule has 7 heteroatoms. The van der Waals surface area contributed by atoms with Crippen molar-refractivity contribution in [3.05, 3.63) is 45.9 Å². The van der Waals surface area contributed by atoms with Crippen LogP contribution in [0.15, 0.2) is 34.6 Å². The quantitative estimate of drug-likeness (QED) is 0.378. The number of halogens is 1. The van der Waals surface area contributed by atoms with Crippen molar-refractivity contribution in [3.63, 3.8) is 0 Å². The van der Waals surface area contributed by atoms with Crippen LogP contribution in [0.3, 0.4) is 0 Å². The lowest BCUT2D eigenvalue weighted by Gasteiger charge is -2.22. The Kier molecular flexibility index (Phi) is 9.81. The van der Waals surface area contributed by atoms with E-state index in [2.05, 4.69) is 46.7 Å². The highest BCUT2D eigenvalue weighted by Gasteiger charge is 2.07. The molecule has 0 aliphatic rings. The molecular formula is C18H27IN4OS. The zero-order chi connectivity index (χ0) is 17.4. The molecule has 5 nitrogen and oxygen atoms in total. The van der Waals surface area contributed by atoms with Crippen LogP contribution in [0.5, 0.6) is 5.75 Å². The van der Waals surface area contributed by atoms with Gasteiger partial charge in [0.2, 0.25) is 0 Å². The highest BCUT2D eigenvalue weighted by atomic mass is 127. The number of hydrogen-bond donors (Lipinski definition) is 1. The lowest BCUT2D eigenvalue weighted by molar-refractivity contribution is 0.414. The van der Waals surface area contributed by atoms with Crippen molar-refractivity contribution in [1.29, 1.82) is 0 Å². The Morgan fingerprint density at radius 1 is 1.32 bits per heavy atom. The van der Waals surface area contributed by atoms with Crippen molar-refractivity contribution in [1.82, 2.24) is 15.2 Å². The van der Waals surface area contributed by atoms with E-state index in [1.165, 1.54) is 5.56 Å². The summed E-state index contributed by atoms with van der Waals surface area (Å²) in [6.45, 7) is 6.50. The second-order valence-corrected chi connectivity index (χ2v) is 6.61. The first-order valence-corrected chi connectivity index (χ1v) is 9.03. The number of aliphatic imine (C=N–C) groups is 1. The third kappa shape index (κ3) is 7.19. The van der Waals surface area contributed by atoms with Crippen molar-refractivity contribution in [2.75, 3.05) is 27.2 Å². The van der Waals surface area contributed by atoms with E-state index in [0.29, 0.717) is 0 Å². The van der Waals surface area contributed by atoms with Crippen molar-refractivity contribution >= 4 is 41.3 Å². The predicted octanol–water partition coefficient (Wildman–Crippen LogP) is 3.72. The number of benzene rings is 1. The largest absolute Gasteiger partial charge is 0.497 e. The minimum absolute atomic E-state index is 0. The van der Waals surface area contributed by atoms with Crippen LogP contribution >= 0.6 is 35.3 Å². The standard InChI is InChI=1S/C18H26N4OS.HI/c1-5-19-18(20-11-10-16-13-24-14(2)21-16)22(3)12-15-6-8-17(23-4)9-7-15;/h6-9,13H,5,10-12H2,1-4H3,(H,19,20);1H. The molecule has 0 atom stereocenters. The molecule has 0 radical (unpaired) electrons. The molecular weight excluding hydrogens is 447 g/mol. The zero-order valence-corrected chi connectivity index (χ0v) is 18.4. The minimum atomic E-state index is 0. The highest BCUT2D eigenvalue weighted by molar-refractivity contribution is 14.0. The maximum Gasteiger partial charge on any atom is 0.193 e. The van der Waals surface area contributed by atoms with Gasteiger partial charge in [0.25, 0.3) is 0 Å². The first-order chi connectivity index (χ1) is 11.6. The van der Waals surface area contributed by atoms with Gasteiger partial charge >= 0.3 is 0 Å². The molecule has 1 aromatic carbocycles. The number of guanidine groups is 1.